The summed E-state index contributed by atoms with van der Waals surface area (Å²) < 4.78 is 5.48. The number of rotatable bonds is 10. The molecule has 1 heterocycles. The summed E-state index contributed by atoms with van der Waals surface area (Å²) in [7, 11) is 0. The first-order valence-electron chi connectivity index (χ1n) is 10.3. The standard InChI is InChI=1S/C21H36N4O2.HI/c1-3-7-18(10-13-26)16-23-21(22-4-2)24-17-19-8-5-6-9-20(19)25-11-14-27-15-12-25;/h5-6,8-9,18,26H,3-4,7,10-17H2,1-2H3,(H2,22,23,24);1H. The average molecular weight is 504 g/mol. The molecule has 3 N–H and O–H groups in total. The zero-order chi connectivity index (χ0) is 19.3. The van der Waals surface area contributed by atoms with E-state index >= 15 is 0 Å². The molecule has 1 aliphatic rings. The summed E-state index contributed by atoms with van der Waals surface area (Å²) in [4.78, 5) is 7.19. The first-order valence-corrected chi connectivity index (χ1v) is 10.3. The van der Waals surface area contributed by atoms with Gasteiger partial charge in [0, 0.05) is 38.5 Å². The fraction of sp³-hybridized carbons (Fsp3) is 0.667. The van der Waals surface area contributed by atoms with Gasteiger partial charge in [-0.05, 0) is 37.3 Å². The number of para-hydroxylation sites is 1. The van der Waals surface area contributed by atoms with Gasteiger partial charge in [-0.3, -0.25) is 0 Å². The lowest BCUT2D eigenvalue weighted by Crippen LogP contribution is -2.40. The number of hydrogen-bond donors (Lipinski definition) is 3. The Bertz CT molecular complexity index is 559. The fourth-order valence-corrected chi connectivity index (χ4v) is 3.44. The van der Waals surface area contributed by atoms with Crippen molar-refractivity contribution in [3.05, 3.63) is 29.8 Å². The molecule has 1 fully saturated rings. The van der Waals surface area contributed by atoms with Gasteiger partial charge < -0.3 is 25.4 Å². The Kier molecular flexibility index (Phi) is 13.3. The SMILES string of the molecule is CCCC(CCO)CNC(=NCc1ccccc1N1CCOCC1)NCC.I. The molecule has 0 amide bonds. The number of anilines is 1. The largest absolute Gasteiger partial charge is 0.396 e. The highest BCUT2D eigenvalue weighted by atomic mass is 127. The third-order valence-corrected chi connectivity index (χ3v) is 4.89. The highest BCUT2D eigenvalue weighted by Gasteiger charge is 2.14. The van der Waals surface area contributed by atoms with Gasteiger partial charge in [-0.15, -0.1) is 24.0 Å². The molecular formula is C21H37IN4O2. The molecular weight excluding hydrogens is 467 g/mol. The van der Waals surface area contributed by atoms with Crippen molar-refractivity contribution in [3.8, 4) is 0 Å². The molecule has 1 saturated heterocycles. The first kappa shape index (κ1) is 25.0. The molecule has 6 nitrogen and oxygen atoms in total. The molecule has 0 saturated carbocycles. The van der Waals surface area contributed by atoms with Crippen LogP contribution in [0.25, 0.3) is 0 Å². The highest BCUT2D eigenvalue weighted by molar-refractivity contribution is 14.0. The van der Waals surface area contributed by atoms with E-state index in [1.807, 2.05) is 0 Å². The number of aliphatic hydroxyl groups is 1. The molecule has 0 aliphatic carbocycles. The molecule has 160 valence electrons. The van der Waals surface area contributed by atoms with Crippen LogP contribution >= 0.6 is 24.0 Å². The number of aliphatic hydroxyl groups excluding tert-OH is 1. The normalized spacial score (nSPS) is 15.7. The van der Waals surface area contributed by atoms with Crippen molar-refractivity contribution in [2.45, 2.75) is 39.7 Å². The van der Waals surface area contributed by atoms with Gasteiger partial charge in [0.2, 0.25) is 0 Å². The van der Waals surface area contributed by atoms with Gasteiger partial charge in [-0.1, -0.05) is 31.5 Å². The zero-order valence-corrected chi connectivity index (χ0v) is 19.7. The van der Waals surface area contributed by atoms with Crippen LogP contribution in [-0.4, -0.2) is 57.1 Å². The van der Waals surface area contributed by atoms with Gasteiger partial charge in [-0.25, -0.2) is 4.99 Å². The number of halogens is 1. The van der Waals surface area contributed by atoms with Crippen molar-refractivity contribution in [2.24, 2.45) is 10.9 Å². The smallest absolute Gasteiger partial charge is 0.191 e. The molecule has 0 radical (unpaired) electrons. The lowest BCUT2D eigenvalue weighted by Gasteiger charge is -2.30. The van der Waals surface area contributed by atoms with Crippen molar-refractivity contribution in [1.29, 1.82) is 0 Å². The van der Waals surface area contributed by atoms with Crippen LogP contribution in [0.3, 0.4) is 0 Å². The van der Waals surface area contributed by atoms with Crippen molar-refractivity contribution in [3.63, 3.8) is 0 Å². The second-order valence-corrected chi connectivity index (χ2v) is 6.97. The van der Waals surface area contributed by atoms with E-state index in [9.17, 15) is 5.11 Å². The van der Waals surface area contributed by atoms with E-state index in [1.54, 1.807) is 0 Å². The van der Waals surface area contributed by atoms with Crippen LogP contribution in [0, 0.1) is 5.92 Å². The summed E-state index contributed by atoms with van der Waals surface area (Å²) >= 11 is 0. The minimum Gasteiger partial charge on any atom is -0.396 e. The third kappa shape index (κ3) is 8.53. The topological polar surface area (TPSA) is 69.1 Å². The van der Waals surface area contributed by atoms with Crippen LogP contribution < -0.4 is 15.5 Å². The molecule has 0 spiro atoms. The zero-order valence-electron chi connectivity index (χ0n) is 17.3. The number of aliphatic imine (C=N–C) groups is 1. The number of benzene rings is 1. The molecule has 2 rings (SSSR count). The molecule has 0 aromatic heterocycles. The Morgan fingerprint density at radius 3 is 2.61 bits per heavy atom. The third-order valence-electron chi connectivity index (χ3n) is 4.89. The molecule has 1 aliphatic heterocycles. The Morgan fingerprint density at radius 1 is 1.18 bits per heavy atom. The summed E-state index contributed by atoms with van der Waals surface area (Å²) in [6.07, 6.45) is 3.08. The van der Waals surface area contributed by atoms with E-state index in [-0.39, 0.29) is 30.6 Å². The molecule has 0 bridgehead atoms. The number of guanidine groups is 1. The van der Waals surface area contributed by atoms with Crippen LogP contribution in [0.5, 0.6) is 0 Å². The van der Waals surface area contributed by atoms with E-state index < -0.39 is 0 Å². The second kappa shape index (κ2) is 14.9. The van der Waals surface area contributed by atoms with E-state index in [0.29, 0.717) is 12.5 Å². The number of nitrogens with one attached hydrogen (secondary N) is 2. The van der Waals surface area contributed by atoms with Crippen molar-refractivity contribution in [1.82, 2.24) is 10.6 Å². The molecule has 1 aromatic rings. The number of hydrogen-bond acceptors (Lipinski definition) is 4. The minimum absolute atomic E-state index is 0. The lowest BCUT2D eigenvalue weighted by atomic mass is 10.0. The van der Waals surface area contributed by atoms with Gasteiger partial charge in [0.1, 0.15) is 0 Å². The van der Waals surface area contributed by atoms with Gasteiger partial charge in [0.05, 0.1) is 19.8 Å². The minimum atomic E-state index is 0. The van der Waals surface area contributed by atoms with Gasteiger partial charge >= 0.3 is 0 Å². The monoisotopic (exact) mass is 504 g/mol. The fourth-order valence-electron chi connectivity index (χ4n) is 3.44. The first-order chi connectivity index (χ1) is 13.3. The van der Waals surface area contributed by atoms with E-state index in [4.69, 9.17) is 9.73 Å². The van der Waals surface area contributed by atoms with E-state index in [2.05, 4.69) is 53.6 Å². The maximum atomic E-state index is 9.25. The molecule has 1 unspecified atom stereocenters. The molecule has 7 heteroatoms. The lowest BCUT2D eigenvalue weighted by molar-refractivity contribution is 0.122. The Labute approximate surface area is 187 Å². The van der Waals surface area contributed by atoms with Crippen LogP contribution in [0.2, 0.25) is 0 Å². The van der Waals surface area contributed by atoms with Crippen LogP contribution in [0.1, 0.15) is 38.7 Å². The van der Waals surface area contributed by atoms with Crippen LogP contribution in [0.4, 0.5) is 5.69 Å². The maximum absolute atomic E-state index is 9.25. The van der Waals surface area contributed by atoms with Gasteiger partial charge in [0.15, 0.2) is 5.96 Å². The summed E-state index contributed by atoms with van der Waals surface area (Å²) in [6.45, 7) is 10.2. The quantitative estimate of drug-likeness (QED) is 0.260. The van der Waals surface area contributed by atoms with Crippen molar-refractivity contribution < 1.29 is 9.84 Å². The van der Waals surface area contributed by atoms with E-state index in [1.165, 1.54) is 11.3 Å². The van der Waals surface area contributed by atoms with Crippen LogP contribution in [-0.2, 0) is 11.3 Å². The predicted molar refractivity (Wildman–Crippen MR) is 128 cm³/mol. The summed E-state index contributed by atoms with van der Waals surface area (Å²) in [5, 5.41) is 16.0. The summed E-state index contributed by atoms with van der Waals surface area (Å²) in [5.74, 6) is 1.32. The molecule has 1 aromatic carbocycles. The Morgan fingerprint density at radius 2 is 1.93 bits per heavy atom. The number of morpholine rings is 1. The average Bonchev–Trinajstić information content (AvgIpc) is 2.71. The Hall–Kier alpha value is -1.06. The van der Waals surface area contributed by atoms with Crippen molar-refractivity contribution in [2.75, 3.05) is 50.9 Å². The maximum Gasteiger partial charge on any atom is 0.191 e. The highest BCUT2D eigenvalue weighted by Crippen LogP contribution is 2.22. The van der Waals surface area contributed by atoms with E-state index in [0.717, 1.165) is 64.6 Å². The predicted octanol–water partition coefficient (Wildman–Crippen LogP) is 3.00. The molecule has 28 heavy (non-hydrogen) atoms. The number of nitrogens with zero attached hydrogens (tertiary/aromatic N) is 2. The molecule has 1 atom stereocenters. The van der Waals surface area contributed by atoms with Gasteiger partial charge in [0.25, 0.3) is 0 Å². The summed E-state index contributed by atoms with van der Waals surface area (Å²) in [5.41, 5.74) is 2.49. The Balaban J connectivity index is 0.00000392. The van der Waals surface area contributed by atoms with Gasteiger partial charge in [-0.2, -0.15) is 0 Å². The number of ether oxygens (including phenoxy) is 1. The second-order valence-electron chi connectivity index (χ2n) is 6.97. The summed E-state index contributed by atoms with van der Waals surface area (Å²) in [6, 6.07) is 8.50. The van der Waals surface area contributed by atoms with Crippen molar-refractivity contribution >= 4 is 35.6 Å². The van der Waals surface area contributed by atoms with Crippen LogP contribution in [0.15, 0.2) is 29.3 Å².